The Balaban J connectivity index is 2.02. The summed E-state index contributed by atoms with van der Waals surface area (Å²) >= 11 is 5.96. The van der Waals surface area contributed by atoms with Gasteiger partial charge in [-0.05, 0) is 6.07 Å². The Hall–Kier alpha value is -1.21. The lowest BCUT2D eigenvalue weighted by molar-refractivity contribution is -0.0484. The summed E-state index contributed by atoms with van der Waals surface area (Å²) in [6.07, 6.45) is 1.95. The molecule has 2 N–H and O–H groups in total. The van der Waals surface area contributed by atoms with Gasteiger partial charge in [-0.2, -0.15) is 0 Å². The third kappa shape index (κ3) is 1.78. The smallest absolute Gasteiger partial charge is 0.161 e. The van der Waals surface area contributed by atoms with Crippen LogP contribution in [0.3, 0.4) is 0 Å². The van der Waals surface area contributed by atoms with E-state index in [0.29, 0.717) is 22.6 Å². The number of ether oxygens (including phenoxy) is 1. The van der Waals surface area contributed by atoms with E-state index in [0.717, 1.165) is 0 Å². The van der Waals surface area contributed by atoms with E-state index in [4.69, 9.17) is 21.4 Å². The highest BCUT2D eigenvalue weighted by atomic mass is 35.5. The number of nitrogens with zero attached hydrogens (tertiary/aromatic N) is 3. The van der Waals surface area contributed by atoms with E-state index in [9.17, 15) is 5.11 Å². The van der Waals surface area contributed by atoms with Gasteiger partial charge in [-0.3, -0.25) is 0 Å². The second kappa shape index (κ2) is 4.47. The molecule has 1 saturated heterocycles. The highest BCUT2D eigenvalue weighted by Gasteiger charge is 2.35. The largest absolute Gasteiger partial charge is 0.394 e. The number of halogens is 1. The fraction of sp³-hybridized carbons (Fsp3) is 0.455. The molecule has 0 spiro atoms. The fourth-order valence-electron chi connectivity index (χ4n) is 2.24. The maximum absolute atomic E-state index is 9.96. The van der Waals surface area contributed by atoms with Crippen LogP contribution >= 0.6 is 11.6 Å². The Kier molecular flexibility index (Phi) is 2.95. The van der Waals surface area contributed by atoms with Gasteiger partial charge in [0.1, 0.15) is 23.2 Å². The van der Waals surface area contributed by atoms with Crippen molar-refractivity contribution < 1.29 is 14.9 Å². The van der Waals surface area contributed by atoms with Gasteiger partial charge >= 0.3 is 0 Å². The summed E-state index contributed by atoms with van der Waals surface area (Å²) in [6.45, 7) is -0.109. The topological polar surface area (TPSA) is 80.4 Å². The van der Waals surface area contributed by atoms with Crippen molar-refractivity contribution in [2.75, 3.05) is 6.61 Å². The monoisotopic (exact) mass is 269 g/mol. The van der Waals surface area contributed by atoms with Gasteiger partial charge in [-0.25, -0.2) is 9.97 Å². The second-order valence-electron chi connectivity index (χ2n) is 4.26. The third-order valence-electron chi connectivity index (χ3n) is 3.10. The highest BCUT2D eigenvalue weighted by molar-refractivity contribution is 6.33. The van der Waals surface area contributed by atoms with Gasteiger partial charge in [0.2, 0.25) is 0 Å². The van der Waals surface area contributed by atoms with E-state index in [2.05, 4.69) is 9.97 Å². The van der Waals surface area contributed by atoms with Crippen LogP contribution in [-0.2, 0) is 4.74 Å². The van der Waals surface area contributed by atoms with E-state index >= 15 is 0 Å². The first-order chi connectivity index (χ1) is 8.70. The average Bonchev–Trinajstić information content (AvgIpc) is 2.93. The Morgan fingerprint density at radius 3 is 3.06 bits per heavy atom. The number of aromatic nitrogens is 3. The maximum atomic E-state index is 9.96. The summed E-state index contributed by atoms with van der Waals surface area (Å²) in [7, 11) is 0. The van der Waals surface area contributed by atoms with Crippen molar-refractivity contribution in [2.45, 2.75) is 24.9 Å². The molecule has 0 aliphatic carbocycles. The Bertz CT molecular complexity index is 574. The molecule has 2 aromatic rings. The molecular formula is C11H12ClN3O3. The molecule has 1 aliphatic heterocycles. The molecule has 3 heterocycles. The van der Waals surface area contributed by atoms with Crippen LogP contribution in [0, 0.1) is 0 Å². The maximum Gasteiger partial charge on any atom is 0.161 e. The van der Waals surface area contributed by atoms with E-state index in [1.165, 1.54) is 6.33 Å². The van der Waals surface area contributed by atoms with Gasteiger partial charge in [-0.1, -0.05) is 11.6 Å². The van der Waals surface area contributed by atoms with Crippen LogP contribution in [0.1, 0.15) is 12.6 Å². The summed E-state index contributed by atoms with van der Waals surface area (Å²) in [5, 5.41) is 20.1. The molecule has 3 rings (SSSR count). The van der Waals surface area contributed by atoms with Crippen molar-refractivity contribution in [3.63, 3.8) is 0 Å². The molecular weight excluding hydrogens is 258 g/mol. The number of aliphatic hydroxyl groups excluding tert-OH is 2. The number of aliphatic hydroxyl groups is 2. The van der Waals surface area contributed by atoms with Gasteiger partial charge in [0, 0.05) is 12.6 Å². The zero-order valence-corrected chi connectivity index (χ0v) is 10.2. The van der Waals surface area contributed by atoms with Crippen molar-refractivity contribution in [1.82, 2.24) is 14.5 Å². The fourth-order valence-corrected chi connectivity index (χ4v) is 2.43. The number of hydrogen-bond donors (Lipinski definition) is 2. The predicted molar refractivity (Wildman–Crippen MR) is 64.2 cm³/mol. The molecule has 7 heteroatoms. The van der Waals surface area contributed by atoms with Gasteiger partial charge in [0.25, 0.3) is 0 Å². The van der Waals surface area contributed by atoms with E-state index < -0.39 is 12.3 Å². The molecule has 1 fully saturated rings. The van der Waals surface area contributed by atoms with Crippen LogP contribution in [-0.4, -0.2) is 43.6 Å². The molecule has 96 valence electrons. The van der Waals surface area contributed by atoms with Crippen LogP contribution in [0.15, 0.2) is 18.6 Å². The molecule has 1 aliphatic rings. The van der Waals surface area contributed by atoms with Gasteiger partial charge in [-0.15, -0.1) is 0 Å². The highest BCUT2D eigenvalue weighted by Crippen LogP contribution is 2.32. The Morgan fingerprint density at radius 2 is 2.33 bits per heavy atom. The summed E-state index contributed by atoms with van der Waals surface area (Å²) < 4.78 is 7.29. The van der Waals surface area contributed by atoms with Crippen molar-refractivity contribution in [2.24, 2.45) is 0 Å². The zero-order chi connectivity index (χ0) is 12.7. The van der Waals surface area contributed by atoms with E-state index in [-0.39, 0.29) is 12.7 Å². The van der Waals surface area contributed by atoms with Gasteiger partial charge < -0.3 is 19.5 Å². The summed E-state index contributed by atoms with van der Waals surface area (Å²) in [6, 6.07) is 1.78. The SMILES string of the molecule is OCC1CC(O)C(n2ccc3c(Cl)ncnc32)O1. The van der Waals surface area contributed by atoms with Gasteiger partial charge in [0.05, 0.1) is 18.1 Å². The second-order valence-corrected chi connectivity index (χ2v) is 4.62. The van der Waals surface area contributed by atoms with Crippen LogP contribution in [0.2, 0.25) is 5.15 Å². The standard InChI is InChI=1S/C11H12ClN3O3/c12-9-7-1-2-15(10(7)14-5-13-9)11-8(17)3-6(4-16)18-11/h1-2,5-6,8,11,16-17H,3-4H2. The lowest BCUT2D eigenvalue weighted by Gasteiger charge is -2.17. The lowest BCUT2D eigenvalue weighted by atomic mass is 10.2. The van der Waals surface area contributed by atoms with Crippen LogP contribution in [0.25, 0.3) is 11.0 Å². The molecule has 3 atom stereocenters. The van der Waals surface area contributed by atoms with Gasteiger partial charge in [0.15, 0.2) is 6.23 Å². The predicted octanol–water partition coefficient (Wildman–Crippen LogP) is 0.725. The Labute approximate surface area is 108 Å². The first-order valence-corrected chi connectivity index (χ1v) is 6.00. The molecule has 0 radical (unpaired) electrons. The van der Waals surface area contributed by atoms with E-state index in [1.54, 1.807) is 16.8 Å². The van der Waals surface area contributed by atoms with Crippen molar-refractivity contribution in [3.8, 4) is 0 Å². The summed E-state index contributed by atoms with van der Waals surface area (Å²) in [5.41, 5.74) is 0.609. The number of fused-ring (bicyclic) bond motifs is 1. The first-order valence-electron chi connectivity index (χ1n) is 5.62. The van der Waals surface area contributed by atoms with Crippen molar-refractivity contribution >= 4 is 22.6 Å². The van der Waals surface area contributed by atoms with Crippen molar-refractivity contribution in [3.05, 3.63) is 23.7 Å². The lowest BCUT2D eigenvalue weighted by Crippen LogP contribution is -2.19. The normalized spacial score (nSPS) is 28.1. The minimum Gasteiger partial charge on any atom is -0.394 e. The van der Waals surface area contributed by atoms with Crippen LogP contribution in [0.5, 0.6) is 0 Å². The van der Waals surface area contributed by atoms with E-state index in [1.807, 2.05) is 0 Å². The molecule has 0 aromatic carbocycles. The Morgan fingerprint density at radius 1 is 1.50 bits per heavy atom. The first kappa shape index (κ1) is 11.9. The summed E-state index contributed by atoms with van der Waals surface area (Å²) in [5.74, 6) is 0. The van der Waals surface area contributed by atoms with Crippen molar-refractivity contribution in [1.29, 1.82) is 0 Å². The minimum atomic E-state index is -0.675. The molecule has 6 nitrogen and oxygen atoms in total. The molecule has 0 bridgehead atoms. The minimum absolute atomic E-state index is 0.109. The summed E-state index contributed by atoms with van der Waals surface area (Å²) in [4.78, 5) is 8.04. The number of hydrogen-bond acceptors (Lipinski definition) is 5. The molecule has 3 unspecified atom stereocenters. The van der Waals surface area contributed by atoms with Crippen LogP contribution < -0.4 is 0 Å². The average molecular weight is 270 g/mol. The quantitative estimate of drug-likeness (QED) is 0.786. The number of rotatable bonds is 2. The molecule has 18 heavy (non-hydrogen) atoms. The third-order valence-corrected chi connectivity index (χ3v) is 3.41. The zero-order valence-electron chi connectivity index (χ0n) is 9.40. The molecule has 0 saturated carbocycles. The molecule has 2 aromatic heterocycles. The molecule has 0 amide bonds. The van der Waals surface area contributed by atoms with Crippen LogP contribution in [0.4, 0.5) is 0 Å².